The van der Waals surface area contributed by atoms with Crippen molar-refractivity contribution in [1.29, 1.82) is 0 Å². The second-order valence-electron chi connectivity index (χ2n) is 1.87. The number of hydrogen-bond donors (Lipinski definition) is 0. The van der Waals surface area contributed by atoms with Crippen LogP contribution in [0.4, 0.5) is 0 Å². The van der Waals surface area contributed by atoms with Gasteiger partial charge >= 0.3 is 0 Å². The van der Waals surface area contributed by atoms with E-state index in [0.717, 1.165) is 6.42 Å². The van der Waals surface area contributed by atoms with Gasteiger partial charge in [0.2, 0.25) is 0 Å². The largest absolute Gasteiger partial charge is 0.307 e. The Morgan fingerprint density at radius 1 is 1.27 bits per heavy atom. The number of terminal acetylenes is 1. The fraction of sp³-hybridized carbons (Fsp3) is 0.100. The highest BCUT2D eigenvalue weighted by molar-refractivity contribution is 5.18. The van der Waals surface area contributed by atoms with E-state index >= 15 is 0 Å². The number of carbonyl (C=O) groups is 1. The highest BCUT2D eigenvalue weighted by Gasteiger charge is 1.82. The number of carbonyl (C=O) groups excluding carboxylic acids is 1. The summed E-state index contributed by atoms with van der Waals surface area (Å²) in [6.07, 6.45) is 5.85. The minimum absolute atomic E-state index is 0.737. The molecule has 0 radical (unpaired) electrons. The Hall–Kier alpha value is -1.55. The van der Waals surface area contributed by atoms with Crippen molar-refractivity contribution in [1.82, 2.24) is 0 Å². The van der Waals surface area contributed by atoms with E-state index in [-0.39, 0.29) is 0 Å². The molecule has 56 valence electrons. The molecule has 1 rings (SSSR count). The maximum atomic E-state index is 8.00. The first-order valence-corrected chi connectivity index (χ1v) is 3.20. The van der Waals surface area contributed by atoms with Crippen LogP contribution in [0.15, 0.2) is 30.3 Å². The van der Waals surface area contributed by atoms with Crippen molar-refractivity contribution < 1.29 is 4.79 Å². The standard InChI is InChI=1S/C9H8.CH2O/c1-2-6-9-7-4-3-5-8-9;1-2/h1,3-5,7-8H,6H2;1H2. The predicted molar refractivity (Wildman–Crippen MR) is 46.1 cm³/mol. The molecule has 0 saturated heterocycles. The van der Waals surface area contributed by atoms with Gasteiger partial charge in [-0.15, -0.1) is 12.3 Å². The van der Waals surface area contributed by atoms with Crippen LogP contribution < -0.4 is 0 Å². The maximum Gasteiger partial charge on any atom is 0.106 e. The lowest BCUT2D eigenvalue weighted by molar-refractivity contribution is -0.0979. The zero-order valence-electron chi connectivity index (χ0n) is 6.29. The first kappa shape index (κ1) is 9.45. The van der Waals surface area contributed by atoms with Gasteiger partial charge < -0.3 is 4.79 Å². The van der Waals surface area contributed by atoms with Gasteiger partial charge in [0.05, 0.1) is 0 Å². The molecule has 0 aliphatic carbocycles. The van der Waals surface area contributed by atoms with Crippen LogP contribution in [0, 0.1) is 12.3 Å². The molecule has 0 aromatic heterocycles. The molecule has 0 N–H and O–H groups in total. The van der Waals surface area contributed by atoms with Crippen LogP contribution >= 0.6 is 0 Å². The molecule has 11 heavy (non-hydrogen) atoms. The molecule has 1 heteroatoms. The second-order valence-corrected chi connectivity index (χ2v) is 1.87. The fourth-order valence-electron chi connectivity index (χ4n) is 0.714. The average molecular weight is 146 g/mol. The van der Waals surface area contributed by atoms with Gasteiger partial charge in [-0.3, -0.25) is 0 Å². The number of hydrogen-bond acceptors (Lipinski definition) is 1. The van der Waals surface area contributed by atoms with Gasteiger partial charge in [-0.25, -0.2) is 0 Å². The molecule has 0 spiro atoms. The topological polar surface area (TPSA) is 17.1 Å². The van der Waals surface area contributed by atoms with Gasteiger partial charge in [0, 0.05) is 6.42 Å². The Morgan fingerprint density at radius 3 is 2.27 bits per heavy atom. The van der Waals surface area contributed by atoms with Gasteiger partial charge in [0.25, 0.3) is 0 Å². The van der Waals surface area contributed by atoms with E-state index in [1.165, 1.54) is 5.56 Å². The smallest absolute Gasteiger partial charge is 0.106 e. The first-order chi connectivity index (χ1) is 5.43. The second kappa shape index (κ2) is 6.57. The fourth-order valence-corrected chi connectivity index (χ4v) is 0.714. The van der Waals surface area contributed by atoms with Crippen molar-refractivity contribution in [2.24, 2.45) is 0 Å². The van der Waals surface area contributed by atoms with Crippen molar-refractivity contribution >= 4 is 6.79 Å². The lowest BCUT2D eigenvalue weighted by atomic mass is 10.2. The Bertz CT molecular complexity index is 220. The van der Waals surface area contributed by atoms with E-state index in [4.69, 9.17) is 11.2 Å². The summed E-state index contributed by atoms with van der Waals surface area (Å²) >= 11 is 0. The molecule has 1 aromatic carbocycles. The SMILES string of the molecule is C#CCc1ccccc1.C=O. The van der Waals surface area contributed by atoms with E-state index in [1.807, 2.05) is 37.1 Å². The third-order valence-corrected chi connectivity index (χ3v) is 1.15. The minimum atomic E-state index is 0.737. The van der Waals surface area contributed by atoms with E-state index < -0.39 is 0 Å². The van der Waals surface area contributed by atoms with Crippen LogP contribution in [-0.2, 0) is 11.2 Å². The first-order valence-electron chi connectivity index (χ1n) is 3.20. The summed E-state index contributed by atoms with van der Waals surface area (Å²) in [6, 6.07) is 10.0. The molecule has 0 aliphatic rings. The predicted octanol–water partition coefficient (Wildman–Crippen LogP) is 1.68. The van der Waals surface area contributed by atoms with Crippen molar-refractivity contribution in [2.45, 2.75) is 6.42 Å². The molecule has 0 bridgehead atoms. The van der Waals surface area contributed by atoms with Crippen molar-refractivity contribution in [3.05, 3.63) is 35.9 Å². The van der Waals surface area contributed by atoms with Crippen molar-refractivity contribution in [3.8, 4) is 12.3 Å². The molecule has 1 aromatic rings. The van der Waals surface area contributed by atoms with Gasteiger partial charge in [-0.05, 0) is 5.56 Å². The van der Waals surface area contributed by atoms with Crippen LogP contribution in [0.3, 0.4) is 0 Å². The van der Waals surface area contributed by atoms with E-state index in [1.54, 1.807) is 0 Å². The van der Waals surface area contributed by atoms with Crippen molar-refractivity contribution in [2.75, 3.05) is 0 Å². The Morgan fingerprint density at radius 2 is 1.82 bits per heavy atom. The van der Waals surface area contributed by atoms with E-state index in [2.05, 4.69) is 5.92 Å². The average Bonchev–Trinajstić information content (AvgIpc) is 2.11. The normalized spacial score (nSPS) is 7.18. The Kier molecular flexibility index (Phi) is 5.64. The van der Waals surface area contributed by atoms with Crippen molar-refractivity contribution in [3.63, 3.8) is 0 Å². The molecule has 1 nitrogen and oxygen atoms in total. The number of benzene rings is 1. The molecule has 0 saturated carbocycles. The van der Waals surface area contributed by atoms with E-state index in [9.17, 15) is 0 Å². The van der Waals surface area contributed by atoms with Crippen LogP contribution in [0.5, 0.6) is 0 Å². The monoisotopic (exact) mass is 146 g/mol. The Balaban J connectivity index is 0.000000461. The summed E-state index contributed by atoms with van der Waals surface area (Å²) in [4.78, 5) is 8.00. The lowest BCUT2D eigenvalue weighted by Crippen LogP contribution is -1.76. The third kappa shape index (κ3) is 3.94. The van der Waals surface area contributed by atoms with Crippen LogP contribution in [0.1, 0.15) is 5.56 Å². The third-order valence-electron chi connectivity index (χ3n) is 1.15. The van der Waals surface area contributed by atoms with Gasteiger partial charge in [0.1, 0.15) is 6.79 Å². The molecular weight excluding hydrogens is 136 g/mol. The summed E-state index contributed by atoms with van der Waals surface area (Å²) in [5.74, 6) is 2.58. The summed E-state index contributed by atoms with van der Waals surface area (Å²) in [7, 11) is 0. The van der Waals surface area contributed by atoms with Gasteiger partial charge in [0.15, 0.2) is 0 Å². The van der Waals surface area contributed by atoms with Crippen LogP contribution in [0.2, 0.25) is 0 Å². The summed E-state index contributed by atoms with van der Waals surface area (Å²) < 4.78 is 0. The zero-order chi connectivity index (χ0) is 8.53. The molecule has 0 amide bonds. The molecule has 0 atom stereocenters. The highest BCUT2D eigenvalue weighted by Crippen LogP contribution is 1.96. The number of rotatable bonds is 1. The molecule has 0 heterocycles. The molecule has 0 unspecified atom stereocenters. The Labute approximate surface area is 67.1 Å². The zero-order valence-corrected chi connectivity index (χ0v) is 6.29. The molecule has 0 aliphatic heterocycles. The molecular formula is C10H10O. The quantitative estimate of drug-likeness (QED) is 0.551. The van der Waals surface area contributed by atoms with E-state index in [0.29, 0.717) is 0 Å². The van der Waals surface area contributed by atoms with Crippen LogP contribution in [0.25, 0.3) is 0 Å². The summed E-state index contributed by atoms with van der Waals surface area (Å²) in [5.41, 5.74) is 1.21. The minimum Gasteiger partial charge on any atom is -0.307 e. The maximum absolute atomic E-state index is 8.00. The van der Waals surface area contributed by atoms with Gasteiger partial charge in [-0.1, -0.05) is 30.3 Å². The highest BCUT2D eigenvalue weighted by atomic mass is 16.1. The lowest BCUT2D eigenvalue weighted by Gasteiger charge is -1.89. The summed E-state index contributed by atoms with van der Waals surface area (Å²) in [5, 5.41) is 0. The summed E-state index contributed by atoms with van der Waals surface area (Å²) in [6.45, 7) is 2.00. The van der Waals surface area contributed by atoms with Gasteiger partial charge in [-0.2, -0.15) is 0 Å². The molecule has 0 fully saturated rings. The van der Waals surface area contributed by atoms with Crippen LogP contribution in [-0.4, -0.2) is 6.79 Å².